The molecule has 1 aliphatic heterocycles. The van der Waals surface area contributed by atoms with Crippen LogP contribution in [0.4, 0.5) is 0 Å². The molecule has 1 aliphatic rings. The molecule has 0 radical (unpaired) electrons. The number of ether oxygens (including phenoxy) is 1. The smallest absolute Gasteiger partial charge is 0.265 e. The highest BCUT2D eigenvalue weighted by Gasteiger charge is 2.23. The maximum absolute atomic E-state index is 12.3. The van der Waals surface area contributed by atoms with E-state index in [9.17, 15) is 13.2 Å². The summed E-state index contributed by atoms with van der Waals surface area (Å²) < 4.78 is 34.1. The molecule has 0 saturated carbocycles. The lowest BCUT2D eigenvalue weighted by Gasteiger charge is -2.35. The molecule has 1 aromatic rings. The van der Waals surface area contributed by atoms with Gasteiger partial charge in [0, 0.05) is 39.4 Å². The van der Waals surface area contributed by atoms with E-state index in [4.69, 9.17) is 10.5 Å². The standard InChI is InChI=1S/C14H24N4O4S/c1-10-7-18(8-11(2)22-10)5-4-16-23(20,21)12-6-13(14(15)19)17(3)9-12/h6,9-11,16H,4-5,7-8H2,1-3H3,(H2,15,19). The van der Waals surface area contributed by atoms with E-state index in [1.54, 1.807) is 7.05 Å². The number of primary amides is 1. The summed E-state index contributed by atoms with van der Waals surface area (Å²) in [5.41, 5.74) is 5.36. The number of carbonyl (C=O) groups excluding carboxylic acids is 1. The fraction of sp³-hybridized carbons (Fsp3) is 0.643. The minimum Gasteiger partial charge on any atom is -0.373 e. The average molecular weight is 344 g/mol. The summed E-state index contributed by atoms with van der Waals surface area (Å²) in [4.78, 5) is 13.4. The number of carbonyl (C=O) groups is 1. The number of hydrogen-bond donors (Lipinski definition) is 2. The van der Waals surface area contributed by atoms with Crippen LogP contribution < -0.4 is 10.5 Å². The molecule has 8 nitrogen and oxygen atoms in total. The third-order valence-electron chi connectivity index (χ3n) is 3.76. The molecule has 0 aliphatic carbocycles. The summed E-state index contributed by atoms with van der Waals surface area (Å²) in [6.07, 6.45) is 1.66. The van der Waals surface area contributed by atoms with Crippen LogP contribution in [0.1, 0.15) is 24.3 Å². The summed E-state index contributed by atoms with van der Waals surface area (Å²) in [5, 5.41) is 0. The molecule has 23 heavy (non-hydrogen) atoms. The number of rotatable bonds is 6. The van der Waals surface area contributed by atoms with Crippen molar-refractivity contribution in [2.45, 2.75) is 31.0 Å². The van der Waals surface area contributed by atoms with E-state index in [0.29, 0.717) is 13.1 Å². The van der Waals surface area contributed by atoms with E-state index < -0.39 is 15.9 Å². The Morgan fingerprint density at radius 2 is 2.00 bits per heavy atom. The number of aryl methyl sites for hydroxylation is 1. The van der Waals surface area contributed by atoms with Crippen LogP contribution in [-0.2, 0) is 21.8 Å². The number of nitrogens with zero attached hydrogens (tertiary/aromatic N) is 2. The van der Waals surface area contributed by atoms with Gasteiger partial charge in [0.1, 0.15) is 10.6 Å². The van der Waals surface area contributed by atoms with Crippen LogP contribution in [0.15, 0.2) is 17.2 Å². The van der Waals surface area contributed by atoms with E-state index >= 15 is 0 Å². The topological polar surface area (TPSA) is 107 Å². The molecule has 0 bridgehead atoms. The van der Waals surface area contributed by atoms with Gasteiger partial charge in [-0.15, -0.1) is 0 Å². The highest BCUT2D eigenvalue weighted by molar-refractivity contribution is 7.89. The van der Waals surface area contributed by atoms with Crippen molar-refractivity contribution in [1.29, 1.82) is 0 Å². The Kier molecular flexibility index (Phi) is 5.45. The molecule has 130 valence electrons. The second kappa shape index (κ2) is 7.00. The van der Waals surface area contributed by atoms with E-state index in [-0.39, 0.29) is 22.8 Å². The first-order valence-corrected chi connectivity index (χ1v) is 9.01. The van der Waals surface area contributed by atoms with Gasteiger partial charge >= 0.3 is 0 Å². The molecule has 1 saturated heterocycles. The zero-order valence-electron chi connectivity index (χ0n) is 13.7. The van der Waals surface area contributed by atoms with Gasteiger partial charge in [-0.05, 0) is 19.9 Å². The van der Waals surface area contributed by atoms with Gasteiger partial charge in [-0.25, -0.2) is 13.1 Å². The second-order valence-electron chi connectivity index (χ2n) is 5.95. The first-order valence-electron chi connectivity index (χ1n) is 7.52. The molecule has 2 atom stereocenters. The summed E-state index contributed by atoms with van der Waals surface area (Å²) in [5.74, 6) is -0.662. The van der Waals surface area contributed by atoms with Crippen molar-refractivity contribution in [3.63, 3.8) is 0 Å². The van der Waals surface area contributed by atoms with Crippen molar-refractivity contribution < 1.29 is 17.9 Å². The summed E-state index contributed by atoms with van der Waals surface area (Å²) in [6, 6.07) is 1.28. The van der Waals surface area contributed by atoms with Crippen molar-refractivity contribution in [1.82, 2.24) is 14.2 Å². The molecule has 2 rings (SSSR count). The monoisotopic (exact) mass is 344 g/mol. The summed E-state index contributed by atoms with van der Waals surface area (Å²) in [7, 11) is -2.08. The molecule has 2 heterocycles. The van der Waals surface area contributed by atoms with Crippen molar-refractivity contribution in [3.8, 4) is 0 Å². The van der Waals surface area contributed by atoms with Gasteiger partial charge in [0.05, 0.1) is 12.2 Å². The highest BCUT2D eigenvalue weighted by Crippen LogP contribution is 2.13. The maximum Gasteiger partial charge on any atom is 0.265 e. The third-order valence-corrected chi connectivity index (χ3v) is 5.19. The number of amides is 1. The SMILES string of the molecule is CC1CN(CCNS(=O)(=O)c2cc(C(N)=O)n(C)c2)CC(C)O1. The van der Waals surface area contributed by atoms with E-state index in [0.717, 1.165) is 13.1 Å². The minimum absolute atomic E-state index is 0.0394. The largest absolute Gasteiger partial charge is 0.373 e. The van der Waals surface area contributed by atoms with Crippen molar-refractivity contribution in [2.75, 3.05) is 26.2 Å². The molecule has 1 amide bonds. The Bertz CT molecular complexity index is 660. The Morgan fingerprint density at radius 3 is 2.52 bits per heavy atom. The van der Waals surface area contributed by atoms with Crippen LogP contribution in [0, 0.1) is 0 Å². The predicted octanol–water partition coefficient (Wildman–Crippen LogP) is -0.488. The van der Waals surface area contributed by atoms with Crippen LogP contribution >= 0.6 is 0 Å². The molecule has 3 N–H and O–H groups in total. The van der Waals surface area contributed by atoms with Crippen LogP contribution in [-0.4, -0.2) is 62.2 Å². The minimum atomic E-state index is -3.66. The summed E-state index contributed by atoms with van der Waals surface area (Å²) in [6.45, 7) is 6.46. The van der Waals surface area contributed by atoms with Gasteiger partial charge in [0.25, 0.3) is 5.91 Å². The lowest BCUT2D eigenvalue weighted by atomic mass is 10.2. The first-order chi connectivity index (χ1) is 10.7. The van der Waals surface area contributed by atoms with Gasteiger partial charge in [-0.2, -0.15) is 0 Å². The molecular formula is C14H24N4O4S. The van der Waals surface area contributed by atoms with Gasteiger partial charge in [-0.3, -0.25) is 9.69 Å². The Morgan fingerprint density at radius 1 is 1.39 bits per heavy atom. The average Bonchev–Trinajstić information content (AvgIpc) is 2.80. The first kappa shape index (κ1) is 17.9. The van der Waals surface area contributed by atoms with E-state index in [1.807, 2.05) is 13.8 Å². The van der Waals surface area contributed by atoms with Crippen molar-refractivity contribution >= 4 is 15.9 Å². The van der Waals surface area contributed by atoms with Crippen LogP contribution in [0.3, 0.4) is 0 Å². The third kappa shape index (κ3) is 4.54. The Hall–Kier alpha value is -1.42. The molecule has 9 heteroatoms. The lowest BCUT2D eigenvalue weighted by Crippen LogP contribution is -2.47. The number of nitrogens with one attached hydrogen (secondary N) is 1. The molecule has 1 fully saturated rings. The zero-order valence-corrected chi connectivity index (χ0v) is 14.5. The van der Waals surface area contributed by atoms with Crippen molar-refractivity contribution in [3.05, 3.63) is 18.0 Å². The number of morpholine rings is 1. The number of nitrogens with two attached hydrogens (primary N) is 1. The number of hydrogen-bond acceptors (Lipinski definition) is 5. The second-order valence-corrected chi connectivity index (χ2v) is 7.72. The lowest BCUT2D eigenvalue weighted by molar-refractivity contribution is -0.0671. The van der Waals surface area contributed by atoms with Crippen LogP contribution in [0.5, 0.6) is 0 Å². The zero-order chi connectivity index (χ0) is 17.2. The maximum atomic E-state index is 12.3. The van der Waals surface area contributed by atoms with Gasteiger partial charge < -0.3 is 15.0 Å². The fourth-order valence-corrected chi connectivity index (χ4v) is 3.90. The van der Waals surface area contributed by atoms with Gasteiger partial charge in [-0.1, -0.05) is 0 Å². The molecule has 2 unspecified atom stereocenters. The molecule has 0 aromatic carbocycles. The van der Waals surface area contributed by atoms with Crippen LogP contribution in [0.2, 0.25) is 0 Å². The van der Waals surface area contributed by atoms with E-state index in [2.05, 4.69) is 9.62 Å². The number of aromatic nitrogens is 1. The molecular weight excluding hydrogens is 320 g/mol. The van der Waals surface area contributed by atoms with E-state index in [1.165, 1.54) is 16.8 Å². The van der Waals surface area contributed by atoms with Gasteiger partial charge in [0.15, 0.2) is 0 Å². The molecule has 1 aromatic heterocycles. The van der Waals surface area contributed by atoms with Crippen LogP contribution in [0.25, 0.3) is 0 Å². The Balaban J connectivity index is 1.94. The predicted molar refractivity (Wildman–Crippen MR) is 85.6 cm³/mol. The van der Waals surface area contributed by atoms with Gasteiger partial charge in [0.2, 0.25) is 10.0 Å². The Labute approximate surface area is 136 Å². The number of sulfonamides is 1. The quantitative estimate of drug-likeness (QED) is 0.724. The summed E-state index contributed by atoms with van der Waals surface area (Å²) >= 11 is 0. The molecule has 0 spiro atoms. The normalized spacial score (nSPS) is 23.1. The van der Waals surface area contributed by atoms with Crippen molar-refractivity contribution in [2.24, 2.45) is 12.8 Å². The highest BCUT2D eigenvalue weighted by atomic mass is 32.2. The fourth-order valence-electron chi connectivity index (χ4n) is 2.81.